The molecule has 0 aromatic heterocycles. The van der Waals surface area contributed by atoms with Gasteiger partial charge in [0.25, 0.3) is 5.91 Å². The van der Waals surface area contributed by atoms with Crippen LogP contribution >= 0.6 is 0 Å². The van der Waals surface area contributed by atoms with Crippen molar-refractivity contribution in [3.8, 4) is 5.75 Å². The summed E-state index contributed by atoms with van der Waals surface area (Å²) in [5.41, 5.74) is 4.09. The van der Waals surface area contributed by atoms with Crippen LogP contribution in [0.2, 0.25) is 0 Å². The highest BCUT2D eigenvalue weighted by Gasteiger charge is 2.25. The van der Waals surface area contributed by atoms with Crippen LogP contribution in [-0.4, -0.2) is 13.0 Å². The van der Waals surface area contributed by atoms with Crippen molar-refractivity contribution in [2.75, 3.05) is 17.7 Å². The van der Waals surface area contributed by atoms with E-state index in [0.717, 1.165) is 11.1 Å². The number of carbonyl (C=O) groups excluding carboxylic acids is 1. The Morgan fingerprint density at radius 2 is 1.69 bits per heavy atom. The first kappa shape index (κ1) is 16.1. The smallest absolute Gasteiger partial charge is 0.258 e. The molecule has 0 bridgehead atoms. The number of carbonyl (C=O) groups is 1. The van der Waals surface area contributed by atoms with E-state index in [9.17, 15) is 9.18 Å². The molecule has 0 fully saturated rings. The van der Waals surface area contributed by atoms with Crippen molar-refractivity contribution in [2.24, 2.45) is 0 Å². The number of halogens is 1. The van der Waals surface area contributed by atoms with E-state index in [0.29, 0.717) is 34.8 Å². The van der Waals surface area contributed by atoms with Gasteiger partial charge in [0, 0.05) is 12.0 Å². The molecular weight excluding hydrogens is 331 g/mol. The number of ether oxygens (including phenoxy) is 1. The second-order valence-corrected chi connectivity index (χ2v) is 6.10. The van der Waals surface area contributed by atoms with Crippen LogP contribution in [0.25, 0.3) is 0 Å². The summed E-state index contributed by atoms with van der Waals surface area (Å²) in [5.74, 6) is -0.0535. The predicted octanol–water partition coefficient (Wildman–Crippen LogP) is 4.73. The largest absolute Gasteiger partial charge is 0.496 e. The number of benzene rings is 3. The van der Waals surface area contributed by atoms with Gasteiger partial charge in [-0.05, 0) is 35.9 Å². The number of amides is 1. The molecule has 0 atom stereocenters. The van der Waals surface area contributed by atoms with Crippen LogP contribution in [0.4, 0.5) is 21.5 Å². The van der Waals surface area contributed by atoms with E-state index in [2.05, 4.69) is 10.6 Å². The van der Waals surface area contributed by atoms with Crippen molar-refractivity contribution < 1.29 is 13.9 Å². The normalized spacial score (nSPS) is 12.3. The molecular formula is C21H17FN2O2. The Balaban J connectivity index is 1.84. The standard InChI is InChI=1S/C21H17FN2O2/c1-26-19-10-9-17-20(15(19)11-13-5-3-2-4-6-13)21(25)24-18-12-14(22)7-8-16(18)23-17/h2-10,12,23H,11H2,1H3,(H,24,25). The van der Waals surface area contributed by atoms with Crippen LogP contribution in [0.5, 0.6) is 5.75 Å². The van der Waals surface area contributed by atoms with Crippen molar-refractivity contribution in [3.63, 3.8) is 0 Å². The van der Waals surface area contributed by atoms with Crippen LogP contribution in [0, 0.1) is 5.82 Å². The highest BCUT2D eigenvalue weighted by Crippen LogP contribution is 2.37. The first-order valence-electron chi connectivity index (χ1n) is 8.27. The van der Waals surface area contributed by atoms with Crippen LogP contribution < -0.4 is 15.4 Å². The fraction of sp³-hybridized carbons (Fsp3) is 0.0952. The molecule has 0 aliphatic carbocycles. The Kier molecular flexibility index (Phi) is 4.05. The summed E-state index contributed by atoms with van der Waals surface area (Å²) in [6.07, 6.45) is 0.549. The molecule has 1 aliphatic rings. The molecule has 1 aliphatic heterocycles. The van der Waals surface area contributed by atoms with Gasteiger partial charge in [-0.3, -0.25) is 4.79 Å². The molecule has 0 spiro atoms. The highest BCUT2D eigenvalue weighted by molar-refractivity contribution is 6.13. The summed E-state index contributed by atoms with van der Waals surface area (Å²) in [4.78, 5) is 12.9. The van der Waals surface area contributed by atoms with E-state index in [-0.39, 0.29) is 5.91 Å². The minimum absolute atomic E-state index is 0.290. The number of nitrogens with one attached hydrogen (secondary N) is 2. The lowest BCUT2D eigenvalue weighted by Crippen LogP contribution is -2.14. The molecule has 130 valence electrons. The fourth-order valence-corrected chi connectivity index (χ4v) is 3.22. The van der Waals surface area contributed by atoms with Gasteiger partial charge in [-0.25, -0.2) is 4.39 Å². The number of anilines is 3. The Morgan fingerprint density at radius 1 is 0.923 bits per heavy atom. The van der Waals surface area contributed by atoms with Gasteiger partial charge >= 0.3 is 0 Å². The van der Waals surface area contributed by atoms with E-state index in [4.69, 9.17) is 4.74 Å². The van der Waals surface area contributed by atoms with Gasteiger partial charge in [0.2, 0.25) is 0 Å². The molecule has 0 radical (unpaired) electrons. The second kappa shape index (κ2) is 6.52. The summed E-state index contributed by atoms with van der Waals surface area (Å²) < 4.78 is 19.1. The first-order chi connectivity index (χ1) is 12.7. The Morgan fingerprint density at radius 3 is 2.46 bits per heavy atom. The minimum atomic E-state index is -0.404. The van der Waals surface area contributed by atoms with Gasteiger partial charge < -0.3 is 15.4 Å². The molecule has 1 amide bonds. The van der Waals surface area contributed by atoms with Crippen molar-refractivity contribution in [3.05, 3.63) is 83.2 Å². The van der Waals surface area contributed by atoms with Gasteiger partial charge in [0.05, 0.1) is 29.7 Å². The molecule has 4 rings (SSSR count). The Labute approximate surface area is 150 Å². The van der Waals surface area contributed by atoms with Gasteiger partial charge in [0.15, 0.2) is 0 Å². The van der Waals surface area contributed by atoms with E-state index in [1.54, 1.807) is 19.2 Å². The van der Waals surface area contributed by atoms with Crippen molar-refractivity contribution in [1.82, 2.24) is 0 Å². The molecule has 0 saturated carbocycles. The molecule has 1 heterocycles. The number of hydrogen-bond donors (Lipinski definition) is 2. The van der Waals surface area contributed by atoms with Gasteiger partial charge in [0.1, 0.15) is 11.6 Å². The molecule has 2 N–H and O–H groups in total. The second-order valence-electron chi connectivity index (χ2n) is 6.10. The van der Waals surface area contributed by atoms with E-state index < -0.39 is 5.82 Å². The third-order valence-electron chi connectivity index (χ3n) is 4.44. The molecule has 0 saturated heterocycles. The monoisotopic (exact) mass is 348 g/mol. The zero-order valence-corrected chi connectivity index (χ0v) is 14.2. The quantitative estimate of drug-likeness (QED) is 0.719. The third kappa shape index (κ3) is 2.88. The zero-order valence-electron chi connectivity index (χ0n) is 14.2. The van der Waals surface area contributed by atoms with Gasteiger partial charge in [-0.1, -0.05) is 30.3 Å². The molecule has 26 heavy (non-hydrogen) atoms. The van der Waals surface area contributed by atoms with Crippen molar-refractivity contribution in [1.29, 1.82) is 0 Å². The molecule has 4 nitrogen and oxygen atoms in total. The van der Waals surface area contributed by atoms with E-state index >= 15 is 0 Å². The lowest BCUT2D eigenvalue weighted by molar-refractivity contribution is 0.102. The fourth-order valence-electron chi connectivity index (χ4n) is 3.22. The molecule has 0 unspecified atom stereocenters. The maximum absolute atomic E-state index is 13.6. The summed E-state index contributed by atoms with van der Waals surface area (Å²) in [7, 11) is 1.59. The summed E-state index contributed by atoms with van der Waals surface area (Å²) in [6, 6.07) is 17.8. The highest BCUT2D eigenvalue weighted by atomic mass is 19.1. The Hall–Kier alpha value is -3.34. The maximum atomic E-state index is 13.6. The van der Waals surface area contributed by atoms with Gasteiger partial charge in [-0.2, -0.15) is 0 Å². The number of fused-ring (bicyclic) bond motifs is 2. The maximum Gasteiger partial charge on any atom is 0.258 e. The van der Waals surface area contributed by atoms with E-state index in [1.165, 1.54) is 12.1 Å². The SMILES string of the molecule is COc1ccc2c(c1Cc1ccccc1)C(=O)Nc1cc(F)ccc1N2. The molecule has 3 aromatic rings. The lowest BCUT2D eigenvalue weighted by atomic mass is 9.96. The number of hydrogen-bond acceptors (Lipinski definition) is 3. The zero-order chi connectivity index (χ0) is 18.1. The summed E-state index contributed by atoms with van der Waals surface area (Å²) in [5, 5.41) is 6.03. The average molecular weight is 348 g/mol. The van der Waals surface area contributed by atoms with Crippen LogP contribution in [0.1, 0.15) is 21.5 Å². The third-order valence-corrected chi connectivity index (χ3v) is 4.44. The van der Waals surface area contributed by atoms with E-state index in [1.807, 2.05) is 36.4 Å². The van der Waals surface area contributed by atoms with Crippen LogP contribution in [0.15, 0.2) is 60.7 Å². The van der Waals surface area contributed by atoms with Gasteiger partial charge in [-0.15, -0.1) is 0 Å². The molecule has 5 heteroatoms. The predicted molar refractivity (Wildman–Crippen MR) is 99.9 cm³/mol. The minimum Gasteiger partial charge on any atom is -0.496 e. The Bertz CT molecular complexity index is 987. The first-order valence-corrected chi connectivity index (χ1v) is 8.27. The average Bonchev–Trinajstić information content (AvgIpc) is 2.78. The topological polar surface area (TPSA) is 50.4 Å². The van der Waals surface area contributed by atoms with Crippen molar-refractivity contribution in [2.45, 2.75) is 6.42 Å². The lowest BCUT2D eigenvalue weighted by Gasteiger charge is -2.16. The number of rotatable bonds is 3. The number of methoxy groups -OCH3 is 1. The van der Waals surface area contributed by atoms with Crippen LogP contribution in [0.3, 0.4) is 0 Å². The van der Waals surface area contributed by atoms with Crippen LogP contribution in [-0.2, 0) is 6.42 Å². The summed E-state index contributed by atoms with van der Waals surface area (Å²) >= 11 is 0. The molecule has 3 aromatic carbocycles. The summed E-state index contributed by atoms with van der Waals surface area (Å²) in [6.45, 7) is 0. The van der Waals surface area contributed by atoms with Crippen molar-refractivity contribution >= 4 is 23.0 Å².